The number of anilines is 1. The normalized spacial score (nSPS) is 16.6. The lowest BCUT2D eigenvalue weighted by Gasteiger charge is -2.11. The minimum atomic E-state index is 0. The number of hydrogen-bond acceptors (Lipinski definition) is 2. The molecule has 3 N–H and O–H groups in total. The van der Waals surface area contributed by atoms with Gasteiger partial charge in [-0.05, 0) is 36.1 Å². The van der Waals surface area contributed by atoms with Gasteiger partial charge in [0.25, 0.3) is 0 Å². The molecular weight excluding hydrogens is 243 g/mol. The second-order valence-electron chi connectivity index (χ2n) is 3.63. The summed E-state index contributed by atoms with van der Waals surface area (Å²) in [5.41, 5.74) is 9.30. The Bertz CT molecular complexity index is 385. The van der Waals surface area contributed by atoms with Crippen molar-refractivity contribution in [3.63, 3.8) is 0 Å². The van der Waals surface area contributed by atoms with Crippen molar-refractivity contribution in [3.8, 4) is 12.3 Å². The van der Waals surface area contributed by atoms with Crippen LogP contribution < -0.4 is 11.1 Å². The molecule has 1 aromatic carbocycles. The number of terminal acetylenes is 1. The average molecular weight is 259 g/mol. The minimum absolute atomic E-state index is 0. The number of nitrogens with two attached hydrogens (primary N) is 1. The average Bonchev–Trinajstić information content (AvgIpc) is 2.57. The predicted molar refractivity (Wildman–Crippen MR) is 73.2 cm³/mol. The van der Waals surface area contributed by atoms with Crippen LogP contribution in [0.5, 0.6) is 0 Å². The minimum Gasteiger partial charge on any atom is -0.399 e. The zero-order valence-electron chi connectivity index (χ0n) is 8.90. The van der Waals surface area contributed by atoms with E-state index in [1.165, 1.54) is 11.1 Å². The third kappa shape index (κ3) is 3.05. The van der Waals surface area contributed by atoms with Gasteiger partial charge in [-0.3, -0.25) is 5.32 Å². The van der Waals surface area contributed by atoms with Crippen LogP contribution in [0.15, 0.2) is 18.2 Å². The lowest BCUT2D eigenvalue weighted by molar-refractivity contribution is 0.568. The first-order chi connectivity index (χ1) is 6.81. The van der Waals surface area contributed by atoms with E-state index in [0.717, 1.165) is 18.5 Å². The molecule has 1 aliphatic rings. The van der Waals surface area contributed by atoms with Gasteiger partial charge in [0, 0.05) is 11.7 Å². The fraction of sp³-hybridized carbons (Fsp3) is 0.333. The van der Waals surface area contributed by atoms with Crippen molar-refractivity contribution in [2.24, 2.45) is 0 Å². The van der Waals surface area contributed by atoms with Crippen LogP contribution in [0.2, 0.25) is 0 Å². The van der Waals surface area contributed by atoms with Gasteiger partial charge in [0.05, 0.1) is 6.54 Å². The number of hydrogen-bond donors (Lipinski definition) is 2. The molecule has 0 aliphatic heterocycles. The predicted octanol–water partition coefficient (Wildman–Crippen LogP) is 2.32. The van der Waals surface area contributed by atoms with E-state index in [2.05, 4.69) is 23.4 Å². The molecule has 0 fully saturated rings. The van der Waals surface area contributed by atoms with Crippen molar-refractivity contribution in [1.29, 1.82) is 0 Å². The maximum Gasteiger partial charge on any atom is 0.0578 e. The SMILES string of the molecule is C#CCNC1CCc2ccc(N)cc21.Cl.Cl. The summed E-state index contributed by atoms with van der Waals surface area (Å²) >= 11 is 0. The standard InChI is InChI=1S/C12H14N2.2ClH/c1-2-7-14-12-6-4-9-3-5-10(13)8-11(9)12;;/h1,3,5,8,12,14H,4,6-7,13H2;2*1H. The summed E-state index contributed by atoms with van der Waals surface area (Å²) in [5.74, 6) is 2.60. The molecular formula is C12H16Cl2N2. The van der Waals surface area contributed by atoms with Gasteiger partial charge in [0.1, 0.15) is 0 Å². The van der Waals surface area contributed by atoms with E-state index >= 15 is 0 Å². The van der Waals surface area contributed by atoms with Crippen molar-refractivity contribution in [1.82, 2.24) is 5.32 Å². The molecule has 0 amide bonds. The first-order valence-corrected chi connectivity index (χ1v) is 4.86. The van der Waals surface area contributed by atoms with Crippen LogP contribution >= 0.6 is 24.8 Å². The maximum absolute atomic E-state index is 5.75. The number of aryl methyl sites for hydroxylation is 1. The van der Waals surface area contributed by atoms with E-state index in [0.29, 0.717) is 12.6 Å². The Hall–Kier alpha value is -0.880. The molecule has 4 heteroatoms. The molecule has 16 heavy (non-hydrogen) atoms. The summed E-state index contributed by atoms with van der Waals surface area (Å²) in [5, 5.41) is 3.32. The highest BCUT2D eigenvalue weighted by molar-refractivity contribution is 5.85. The van der Waals surface area contributed by atoms with E-state index in [1.807, 2.05) is 6.07 Å². The van der Waals surface area contributed by atoms with Crippen molar-refractivity contribution in [3.05, 3.63) is 29.3 Å². The highest BCUT2D eigenvalue weighted by Crippen LogP contribution is 2.32. The van der Waals surface area contributed by atoms with Gasteiger partial charge in [-0.15, -0.1) is 31.2 Å². The molecule has 88 valence electrons. The number of rotatable bonds is 2. The van der Waals surface area contributed by atoms with Crippen LogP contribution in [0.3, 0.4) is 0 Å². The van der Waals surface area contributed by atoms with Gasteiger partial charge in [-0.25, -0.2) is 0 Å². The van der Waals surface area contributed by atoms with Gasteiger partial charge in [-0.2, -0.15) is 0 Å². The number of nitrogen functional groups attached to an aromatic ring is 1. The third-order valence-corrected chi connectivity index (χ3v) is 2.70. The Morgan fingerprint density at radius 1 is 1.44 bits per heavy atom. The zero-order valence-corrected chi connectivity index (χ0v) is 10.5. The zero-order chi connectivity index (χ0) is 9.97. The van der Waals surface area contributed by atoms with Crippen LogP contribution in [0.4, 0.5) is 5.69 Å². The maximum atomic E-state index is 5.75. The van der Waals surface area contributed by atoms with Crippen molar-refractivity contribution < 1.29 is 0 Å². The largest absolute Gasteiger partial charge is 0.399 e. The van der Waals surface area contributed by atoms with Crippen LogP contribution in [0.1, 0.15) is 23.6 Å². The molecule has 2 nitrogen and oxygen atoms in total. The van der Waals surface area contributed by atoms with Crippen LogP contribution in [0, 0.1) is 12.3 Å². The molecule has 1 atom stereocenters. The van der Waals surface area contributed by atoms with E-state index in [9.17, 15) is 0 Å². The fourth-order valence-electron chi connectivity index (χ4n) is 2.01. The Morgan fingerprint density at radius 2 is 2.19 bits per heavy atom. The second-order valence-corrected chi connectivity index (χ2v) is 3.63. The molecule has 0 radical (unpaired) electrons. The van der Waals surface area contributed by atoms with Crippen molar-refractivity contribution >= 4 is 30.5 Å². The van der Waals surface area contributed by atoms with E-state index in [1.54, 1.807) is 0 Å². The lowest BCUT2D eigenvalue weighted by Crippen LogP contribution is -2.19. The Morgan fingerprint density at radius 3 is 2.88 bits per heavy atom. The Kier molecular flexibility index (Phi) is 6.28. The highest BCUT2D eigenvalue weighted by Gasteiger charge is 2.21. The molecule has 0 saturated heterocycles. The van der Waals surface area contributed by atoms with Gasteiger partial charge < -0.3 is 5.73 Å². The molecule has 1 unspecified atom stereocenters. The molecule has 1 aromatic rings. The van der Waals surface area contributed by atoms with Gasteiger partial charge in [0.2, 0.25) is 0 Å². The summed E-state index contributed by atoms with van der Waals surface area (Å²) in [6.45, 7) is 0.624. The first kappa shape index (κ1) is 15.1. The van der Waals surface area contributed by atoms with E-state index < -0.39 is 0 Å². The smallest absolute Gasteiger partial charge is 0.0578 e. The molecule has 0 spiro atoms. The fourth-order valence-corrected chi connectivity index (χ4v) is 2.01. The highest BCUT2D eigenvalue weighted by atomic mass is 35.5. The summed E-state index contributed by atoms with van der Waals surface area (Å²) in [6.07, 6.45) is 7.47. The van der Waals surface area contributed by atoms with Crippen molar-refractivity contribution in [2.75, 3.05) is 12.3 Å². The molecule has 0 saturated carbocycles. The topological polar surface area (TPSA) is 38.0 Å². The molecule has 1 aliphatic carbocycles. The van der Waals surface area contributed by atoms with Crippen LogP contribution in [-0.4, -0.2) is 6.54 Å². The number of benzene rings is 1. The molecule has 0 heterocycles. The quantitative estimate of drug-likeness (QED) is 0.632. The van der Waals surface area contributed by atoms with Crippen LogP contribution in [0.25, 0.3) is 0 Å². The summed E-state index contributed by atoms with van der Waals surface area (Å²) < 4.78 is 0. The van der Waals surface area contributed by atoms with Gasteiger partial charge >= 0.3 is 0 Å². The van der Waals surface area contributed by atoms with E-state index in [4.69, 9.17) is 12.2 Å². The van der Waals surface area contributed by atoms with Gasteiger partial charge in [-0.1, -0.05) is 12.0 Å². The lowest BCUT2D eigenvalue weighted by atomic mass is 10.1. The second kappa shape index (κ2) is 6.65. The van der Waals surface area contributed by atoms with Crippen LogP contribution in [-0.2, 0) is 6.42 Å². The molecule has 0 bridgehead atoms. The summed E-state index contributed by atoms with van der Waals surface area (Å²) in [7, 11) is 0. The van der Waals surface area contributed by atoms with Crippen molar-refractivity contribution in [2.45, 2.75) is 18.9 Å². The Balaban J connectivity index is 0.00000112. The molecule has 2 rings (SSSR count). The number of fused-ring (bicyclic) bond motifs is 1. The third-order valence-electron chi connectivity index (χ3n) is 2.70. The van der Waals surface area contributed by atoms with E-state index in [-0.39, 0.29) is 24.8 Å². The number of halogens is 2. The monoisotopic (exact) mass is 258 g/mol. The Labute approximate surface area is 109 Å². The van der Waals surface area contributed by atoms with Gasteiger partial charge in [0.15, 0.2) is 0 Å². The number of nitrogens with one attached hydrogen (secondary N) is 1. The summed E-state index contributed by atoms with van der Waals surface area (Å²) in [6, 6.07) is 6.52. The molecule has 0 aromatic heterocycles. The summed E-state index contributed by atoms with van der Waals surface area (Å²) in [4.78, 5) is 0. The first-order valence-electron chi connectivity index (χ1n) is 4.86.